The van der Waals surface area contributed by atoms with E-state index in [2.05, 4.69) is 0 Å². The molecule has 1 unspecified atom stereocenters. The third-order valence-electron chi connectivity index (χ3n) is 4.29. The highest BCUT2D eigenvalue weighted by molar-refractivity contribution is 7.90. The third-order valence-corrected chi connectivity index (χ3v) is 5.87. The molecule has 0 aliphatic heterocycles. The molecule has 0 N–H and O–H groups in total. The minimum absolute atomic E-state index is 0.0856. The van der Waals surface area contributed by atoms with E-state index >= 15 is 0 Å². The minimum atomic E-state index is -3.37. The first-order valence-electron chi connectivity index (χ1n) is 7.40. The third kappa shape index (κ3) is 4.02. The van der Waals surface area contributed by atoms with Gasteiger partial charge in [0.25, 0.3) is 0 Å². The molecule has 4 nitrogen and oxygen atoms in total. The maximum atomic E-state index is 12.1. The van der Waals surface area contributed by atoms with Crippen molar-refractivity contribution in [1.82, 2.24) is 0 Å². The Morgan fingerprint density at radius 2 is 2.00 bits per heavy atom. The van der Waals surface area contributed by atoms with Gasteiger partial charge in [-0.25, -0.2) is 8.42 Å². The molecular formula is C16H21ClO4S. The molecular weight excluding hydrogens is 324 g/mol. The number of halogens is 1. The second-order valence-electron chi connectivity index (χ2n) is 5.92. The summed E-state index contributed by atoms with van der Waals surface area (Å²) >= 11 is 6.09. The molecule has 0 heterocycles. The molecule has 1 saturated carbocycles. The van der Waals surface area contributed by atoms with E-state index in [1.165, 1.54) is 26.0 Å². The number of sulfone groups is 1. The minimum Gasteiger partial charge on any atom is -0.469 e. The van der Waals surface area contributed by atoms with E-state index in [9.17, 15) is 13.2 Å². The van der Waals surface area contributed by atoms with Crippen LogP contribution >= 0.6 is 11.6 Å². The van der Waals surface area contributed by atoms with Crippen LogP contribution in [-0.4, -0.2) is 27.8 Å². The fourth-order valence-corrected chi connectivity index (χ4v) is 4.46. The van der Waals surface area contributed by atoms with Gasteiger partial charge in [0, 0.05) is 6.26 Å². The van der Waals surface area contributed by atoms with Crippen LogP contribution in [0, 0.1) is 5.92 Å². The Bertz CT molecular complexity index is 648. The summed E-state index contributed by atoms with van der Waals surface area (Å²) in [5.74, 6) is -0.174. The van der Waals surface area contributed by atoms with Crippen molar-refractivity contribution in [3.05, 3.63) is 28.8 Å². The van der Waals surface area contributed by atoms with Crippen LogP contribution in [0.5, 0.6) is 0 Å². The Balaban J connectivity index is 2.31. The van der Waals surface area contributed by atoms with E-state index < -0.39 is 9.84 Å². The summed E-state index contributed by atoms with van der Waals surface area (Å²) in [6.07, 6.45) is 6.50. The highest BCUT2D eigenvalue weighted by Gasteiger charge is 2.28. The molecule has 1 aliphatic rings. The number of methoxy groups -OCH3 is 1. The summed E-state index contributed by atoms with van der Waals surface area (Å²) < 4.78 is 28.2. The van der Waals surface area contributed by atoms with E-state index in [0.717, 1.165) is 31.1 Å². The summed E-state index contributed by atoms with van der Waals surface area (Å²) in [6, 6.07) is 4.71. The first-order valence-corrected chi connectivity index (χ1v) is 9.67. The quantitative estimate of drug-likeness (QED) is 0.766. The molecule has 1 fully saturated rings. The lowest BCUT2D eigenvalue weighted by Crippen LogP contribution is -2.17. The lowest BCUT2D eigenvalue weighted by atomic mass is 9.88. The summed E-state index contributed by atoms with van der Waals surface area (Å²) in [4.78, 5) is 12.2. The van der Waals surface area contributed by atoms with Gasteiger partial charge >= 0.3 is 5.97 Å². The summed E-state index contributed by atoms with van der Waals surface area (Å²) in [6.45, 7) is 0. The van der Waals surface area contributed by atoms with E-state index in [1.807, 2.05) is 0 Å². The van der Waals surface area contributed by atoms with Gasteiger partial charge in [0.1, 0.15) is 0 Å². The molecule has 1 aliphatic carbocycles. The van der Waals surface area contributed by atoms with Gasteiger partial charge in [-0.2, -0.15) is 0 Å². The molecule has 0 aromatic heterocycles. The monoisotopic (exact) mass is 344 g/mol. The van der Waals surface area contributed by atoms with Crippen molar-refractivity contribution in [1.29, 1.82) is 0 Å². The standard InChI is InChI=1S/C16H21ClO4S/c1-21-16(18)13(9-11-5-3-4-6-11)12-7-8-15(14(17)10-12)22(2,19)20/h7-8,10-11,13H,3-6,9H2,1-2H3. The number of hydrogen-bond acceptors (Lipinski definition) is 4. The van der Waals surface area contributed by atoms with Crippen molar-refractivity contribution in [2.45, 2.75) is 42.9 Å². The van der Waals surface area contributed by atoms with Crippen LogP contribution in [0.1, 0.15) is 43.6 Å². The normalized spacial score (nSPS) is 17.4. The molecule has 1 aromatic carbocycles. The maximum Gasteiger partial charge on any atom is 0.313 e. The van der Waals surface area contributed by atoms with Crippen molar-refractivity contribution < 1.29 is 17.9 Å². The van der Waals surface area contributed by atoms with Gasteiger partial charge in [-0.1, -0.05) is 43.4 Å². The number of benzene rings is 1. The van der Waals surface area contributed by atoms with Crippen LogP contribution in [-0.2, 0) is 19.4 Å². The Labute approximate surface area is 136 Å². The van der Waals surface area contributed by atoms with Gasteiger partial charge in [-0.3, -0.25) is 4.79 Å². The Morgan fingerprint density at radius 1 is 1.36 bits per heavy atom. The van der Waals surface area contributed by atoms with E-state index in [-0.39, 0.29) is 21.8 Å². The molecule has 0 spiro atoms. The van der Waals surface area contributed by atoms with Crippen molar-refractivity contribution in [3.8, 4) is 0 Å². The van der Waals surface area contributed by atoms with Crippen molar-refractivity contribution in [2.75, 3.05) is 13.4 Å². The topological polar surface area (TPSA) is 60.4 Å². The first kappa shape index (κ1) is 17.3. The van der Waals surface area contributed by atoms with Gasteiger partial charge < -0.3 is 4.74 Å². The predicted molar refractivity (Wildman–Crippen MR) is 85.9 cm³/mol. The number of hydrogen-bond donors (Lipinski definition) is 0. The van der Waals surface area contributed by atoms with Gasteiger partial charge in [-0.15, -0.1) is 0 Å². The van der Waals surface area contributed by atoms with Gasteiger partial charge in [0.05, 0.1) is 22.9 Å². The molecule has 122 valence electrons. The van der Waals surface area contributed by atoms with Gasteiger partial charge in [-0.05, 0) is 30.0 Å². The number of carbonyl (C=O) groups is 1. The zero-order valence-corrected chi connectivity index (χ0v) is 14.4. The summed E-state index contributed by atoms with van der Waals surface area (Å²) in [7, 11) is -2.00. The molecule has 0 amide bonds. The van der Waals surface area contributed by atoms with E-state index in [4.69, 9.17) is 16.3 Å². The van der Waals surface area contributed by atoms with E-state index in [0.29, 0.717) is 5.92 Å². The molecule has 0 radical (unpaired) electrons. The lowest BCUT2D eigenvalue weighted by molar-refractivity contribution is -0.142. The largest absolute Gasteiger partial charge is 0.469 e. The Kier molecular flexibility index (Phi) is 5.50. The van der Waals surface area contributed by atoms with Crippen LogP contribution < -0.4 is 0 Å². The number of carbonyl (C=O) groups excluding carboxylic acids is 1. The maximum absolute atomic E-state index is 12.1. The molecule has 1 atom stereocenters. The van der Waals surface area contributed by atoms with Crippen LogP contribution in [0.2, 0.25) is 5.02 Å². The zero-order valence-electron chi connectivity index (χ0n) is 12.8. The summed E-state index contributed by atoms with van der Waals surface area (Å²) in [5.41, 5.74) is 0.719. The molecule has 1 aromatic rings. The number of rotatable bonds is 5. The van der Waals surface area contributed by atoms with Crippen molar-refractivity contribution >= 4 is 27.4 Å². The Hall–Kier alpha value is -1.07. The van der Waals surface area contributed by atoms with Gasteiger partial charge in [0.2, 0.25) is 0 Å². The fraction of sp³-hybridized carbons (Fsp3) is 0.562. The number of ether oxygens (including phenoxy) is 1. The van der Waals surface area contributed by atoms with Crippen molar-refractivity contribution in [2.24, 2.45) is 5.92 Å². The highest BCUT2D eigenvalue weighted by atomic mass is 35.5. The molecule has 22 heavy (non-hydrogen) atoms. The average molecular weight is 345 g/mol. The molecule has 0 bridgehead atoms. The number of esters is 1. The van der Waals surface area contributed by atoms with Crippen LogP contribution in [0.15, 0.2) is 23.1 Å². The fourth-order valence-electron chi connectivity index (χ4n) is 3.12. The van der Waals surface area contributed by atoms with Gasteiger partial charge in [0.15, 0.2) is 9.84 Å². The van der Waals surface area contributed by atoms with Crippen LogP contribution in [0.25, 0.3) is 0 Å². The van der Waals surface area contributed by atoms with Crippen LogP contribution in [0.3, 0.4) is 0 Å². The zero-order chi connectivity index (χ0) is 16.3. The summed E-state index contributed by atoms with van der Waals surface area (Å²) in [5, 5.41) is 0.153. The molecule has 0 saturated heterocycles. The van der Waals surface area contributed by atoms with Crippen molar-refractivity contribution in [3.63, 3.8) is 0 Å². The average Bonchev–Trinajstić information content (AvgIpc) is 2.95. The second kappa shape index (κ2) is 7.01. The predicted octanol–water partition coefficient (Wildman–Crippen LogP) is 3.58. The van der Waals surface area contributed by atoms with Crippen LogP contribution in [0.4, 0.5) is 0 Å². The smallest absolute Gasteiger partial charge is 0.313 e. The Morgan fingerprint density at radius 3 is 2.50 bits per heavy atom. The lowest BCUT2D eigenvalue weighted by Gasteiger charge is -2.19. The molecule has 6 heteroatoms. The SMILES string of the molecule is COC(=O)C(CC1CCCC1)c1ccc(S(C)(=O)=O)c(Cl)c1. The second-order valence-corrected chi connectivity index (χ2v) is 8.32. The highest BCUT2D eigenvalue weighted by Crippen LogP contribution is 2.36. The van der Waals surface area contributed by atoms with E-state index in [1.54, 1.807) is 12.1 Å². The molecule has 2 rings (SSSR count). The first-order chi connectivity index (χ1) is 10.3.